The van der Waals surface area contributed by atoms with E-state index < -0.39 is 4.32 Å². The SMILES string of the molecule is C=CCC(Br)(C(C)=O)c1ccccc1. The number of benzene rings is 1. The van der Waals surface area contributed by atoms with Crippen LogP contribution in [0.5, 0.6) is 0 Å². The van der Waals surface area contributed by atoms with Crippen LogP contribution in [0.3, 0.4) is 0 Å². The lowest BCUT2D eigenvalue weighted by Gasteiger charge is -2.23. The van der Waals surface area contributed by atoms with Gasteiger partial charge in [0.05, 0.1) is 0 Å². The van der Waals surface area contributed by atoms with Crippen molar-refractivity contribution in [2.45, 2.75) is 17.7 Å². The standard InChI is InChI=1S/C12H13BrO/c1-3-9-12(13,10(2)14)11-7-5-4-6-8-11/h3-8H,1,9H2,2H3. The minimum atomic E-state index is -0.601. The number of allylic oxidation sites excluding steroid dienone is 1. The molecule has 0 saturated carbocycles. The number of carbonyl (C=O) groups excluding carboxylic acids is 1. The van der Waals surface area contributed by atoms with Gasteiger partial charge in [0.15, 0.2) is 5.78 Å². The highest BCUT2D eigenvalue weighted by atomic mass is 79.9. The Morgan fingerprint density at radius 1 is 1.50 bits per heavy atom. The molecule has 1 nitrogen and oxygen atoms in total. The van der Waals surface area contributed by atoms with E-state index in [9.17, 15) is 4.79 Å². The Balaban J connectivity index is 3.12. The lowest BCUT2D eigenvalue weighted by Crippen LogP contribution is -2.26. The summed E-state index contributed by atoms with van der Waals surface area (Å²) in [4.78, 5) is 11.6. The van der Waals surface area contributed by atoms with Gasteiger partial charge >= 0.3 is 0 Å². The van der Waals surface area contributed by atoms with Crippen LogP contribution < -0.4 is 0 Å². The third kappa shape index (κ3) is 2.13. The molecule has 0 aliphatic rings. The Labute approximate surface area is 93.0 Å². The second-order valence-corrected chi connectivity index (χ2v) is 4.57. The Kier molecular flexibility index (Phi) is 3.64. The van der Waals surface area contributed by atoms with Gasteiger partial charge in [-0.1, -0.05) is 52.3 Å². The van der Waals surface area contributed by atoms with Crippen molar-refractivity contribution < 1.29 is 4.79 Å². The summed E-state index contributed by atoms with van der Waals surface area (Å²) in [7, 11) is 0. The van der Waals surface area contributed by atoms with E-state index >= 15 is 0 Å². The first kappa shape index (κ1) is 11.2. The summed E-state index contributed by atoms with van der Waals surface area (Å²) in [5, 5.41) is 0. The Morgan fingerprint density at radius 3 is 2.50 bits per heavy atom. The first-order chi connectivity index (χ1) is 6.61. The average Bonchev–Trinajstić information content (AvgIpc) is 2.19. The van der Waals surface area contributed by atoms with Crippen molar-refractivity contribution in [1.82, 2.24) is 0 Å². The summed E-state index contributed by atoms with van der Waals surface area (Å²) in [5.74, 6) is 0.101. The second kappa shape index (κ2) is 4.56. The molecule has 0 aromatic heterocycles. The Hall–Kier alpha value is -0.890. The molecule has 0 fully saturated rings. The molecule has 14 heavy (non-hydrogen) atoms. The fourth-order valence-corrected chi connectivity index (χ4v) is 1.86. The number of alkyl halides is 1. The third-order valence-corrected chi connectivity index (χ3v) is 3.55. The molecule has 1 atom stereocenters. The molecule has 1 aromatic carbocycles. The summed E-state index contributed by atoms with van der Waals surface area (Å²) in [5.41, 5.74) is 0.979. The van der Waals surface area contributed by atoms with E-state index in [1.165, 1.54) is 0 Å². The molecule has 74 valence electrons. The molecule has 0 spiro atoms. The minimum absolute atomic E-state index is 0.101. The number of ketones is 1. The van der Waals surface area contributed by atoms with E-state index in [1.807, 2.05) is 30.3 Å². The van der Waals surface area contributed by atoms with Crippen molar-refractivity contribution in [2.24, 2.45) is 0 Å². The maximum atomic E-state index is 11.6. The molecule has 1 unspecified atom stereocenters. The van der Waals surface area contributed by atoms with Crippen molar-refractivity contribution in [3.05, 3.63) is 48.6 Å². The van der Waals surface area contributed by atoms with Gasteiger partial charge < -0.3 is 0 Å². The van der Waals surface area contributed by atoms with Gasteiger partial charge in [-0.2, -0.15) is 0 Å². The van der Waals surface area contributed by atoms with Gasteiger partial charge in [-0.05, 0) is 18.9 Å². The van der Waals surface area contributed by atoms with Crippen molar-refractivity contribution >= 4 is 21.7 Å². The molecule has 0 radical (unpaired) electrons. The van der Waals surface area contributed by atoms with Crippen molar-refractivity contribution in [3.63, 3.8) is 0 Å². The highest BCUT2D eigenvalue weighted by Crippen LogP contribution is 2.36. The van der Waals surface area contributed by atoms with Gasteiger partial charge in [-0.3, -0.25) is 4.79 Å². The molecular weight excluding hydrogens is 240 g/mol. The first-order valence-electron chi connectivity index (χ1n) is 4.47. The Morgan fingerprint density at radius 2 is 2.07 bits per heavy atom. The number of carbonyl (C=O) groups is 1. The highest BCUT2D eigenvalue weighted by Gasteiger charge is 2.32. The number of hydrogen-bond donors (Lipinski definition) is 0. The quantitative estimate of drug-likeness (QED) is 0.593. The zero-order chi connectivity index (χ0) is 10.6. The fourth-order valence-electron chi connectivity index (χ4n) is 1.37. The van der Waals surface area contributed by atoms with Gasteiger partial charge in [0.1, 0.15) is 4.32 Å². The molecule has 1 rings (SSSR count). The monoisotopic (exact) mass is 252 g/mol. The van der Waals surface area contributed by atoms with E-state index in [-0.39, 0.29) is 5.78 Å². The van der Waals surface area contributed by atoms with Crippen LogP contribution in [0.4, 0.5) is 0 Å². The minimum Gasteiger partial charge on any atom is -0.298 e. The third-order valence-electron chi connectivity index (χ3n) is 2.22. The maximum absolute atomic E-state index is 11.6. The number of halogens is 1. The molecule has 2 heteroatoms. The van der Waals surface area contributed by atoms with Crippen LogP contribution in [-0.2, 0) is 9.12 Å². The Bertz CT molecular complexity index is 331. The summed E-state index contributed by atoms with van der Waals surface area (Å²) in [6.45, 7) is 5.26. The zero-order valence-electron chi connectivity index (χ0n) is 8.16. The van der Waals surface area contributed by atoms with Crippen LogP contribution in [0, 0.1) is 0 Å². The highest BCUT2D eigenvalue weighted by molar-refractivity contribution is 9.10. The van der Waals surface area contributed by atoms with Crippen LogP contribution in [0.2, 0.25) is 0 Å². The van der Waals surface area contributed by atoms with Crippen LogP contribution in [-0.4, -0.2) is 5.78 Å². The summed E-state index contributed by atoms with van der Waals surface area (Å²) >= 11 is 3.50. The van der Waals surface area contributed by atoms with Crippen molar-refractivity contribution in [1.29, 1.82) is 0 Å². The van der Waals surface area contributed by atoms with Gasteiger partial charge in [0, 0.05) is 0 Å². The lowest BCUT2D eigenvalue weighted by molar-refractivity contribution is -0.119. The molecule has 0 aliphatic heterocycles. The summed E-state index contributed by atoms with van der Waals surface area (Å²) in [6.07, 6.45) is 2.36. The van der Waals surface area contributed by atoms with Crippen LogP contribution in [0.25, 0.3) is 0 Å². The predicted molar refractivity (Wildman–Crippen MR) is 62.5 cm³/mol. The van der Waals surface area contributed by atoms with E-state index in [2.05, 4.69) is 22.5 Å². The smallest absolute Gasteiger partial charge is 0.151 e. The topological polar surface area (TPSA) is 17.1 Å². The van der Waals surface area contributed by atoms with Gasteiger partial charge in [0.2, 0.25) is 0 Å². The van der Waals surface area contributed by atoms with Crippen LogP contribution in [0.15, 0.2) is 43.0 Å². The number of Topliss-reactive ketones (excluding diaryl/α,β-unsaturated/α-hetero) is 1. The molecule has 0 saturated heterocycles. The second-order valence-electron chi connectivity index (χ2n) is 3.22. The first-order valence-corrected chi connectivity index (χ1v) is 5.27. The maximum Gasteiger partial charge on any atom is 0.151 e. The van der Waals surface area contributed by atoms with E-state index in [4.69, 9.17) is 0 Å². The normalized spacial score (nSPS) is 14.4. The fraction of sp³-hybridized carbons (Fsp3) is 0.250. The predicted octanol–water partition coefficient (Wildman–Crippen LogP) is 3.44. The largest absolute Gasteiger partial charge is 0.298 e. The average molecular weight is 253 g/mol. The van der Waals surface area contributed by atoms with Gasteiger partial charge in [-0.25, -0.2) is 0 Å². The van der Waals surface area contributed by atoms with Crippen molar-refractivity contribution in [2.75, 3.05) is 0 Å². The van der Waals surface area contributed by atoms with Gasteiger partial charge in [0.25, 0.3) is 0 Å². The van der Waals surface area contributed by atoms with Crippen LogP contribution in [0.1, 0.15) is 18.9 Å². The molecule has 0 amide bonds. The zero-order valence-corrected chi connectivity index (χ0v) is 9.75. The molecule has 0 heterocycles. The molecule has 0 N–H and O–H groups in total. The molecule has 0 bridgehead atoms. The van der Waals surface area contributed by atoms with E-state index in [0.717, 1.165) is 5.56 Å². The molecular formula is C12H13BrO. The molecule has 0 aliphatic carbocycles. The number of rotatable bonds is 4. The van der Waals surface area contributed by atoms with Crippen LogP contribution >= 0.6 is 15.9 Å². The lowest BCUT2D eigenvalue weighted by atomic mass is 9.92. The summed E-state index contributed by atoms with van der Waals surface area (Å²) < 4.78 is -0.601. The number of hydrogen-bond acceptors (Lipinski definition) is 1. The van der Waals surface area contributed by atoms with E-state index in [1.54, 1.807) is 13.0 Å². The summed E-state index contributed by atoms with van der Waals surface area (Å²) in [6, 6.07) is 9.68. The van der Waals surface area contributed by atoms with E-state index in [0.29, 0.717) is 6.42 Å². The molecule has 1 aromatic rings. The van der Waals surface area contributed by atoms with Crippen molar-refractivity contribution in [3.8, 4) is 0 Å². The van der Waals surface area contributed by atoms with Gasteiger partial charge in [-0.15, -0.1) is 6.58 Å².